The number of aromatic hydroxyl groups is 1. The molecule has 0 saturated heterocycles. The van der Waals surface area contributed by atoms with Crippen molar-refractivity contribution in [3.63, 3.8) is 0 Å². The summed E-state index contributed by atoms with van der Waals surface area (Å²) in [6, 6.07) is 3.15. The maximum atomic E-state index is 14.2. The van der Waals surface area contributed by atoms with Gasteiger partial charge < -0.3 is 21.3 Å². The third-order valence-corrected chi connectivity index (χ3v) is 8.85. The maximum Gasteiger partial charge on any atom is 0.273 e. The Bertz CT molecular complexity index is 1520. The molecular formula is C27H29N5O8. The molecule has 0 bridgehead atoms. The third-order valence-electron chi connectivity index (χ3n) is 8.85. The van der Waals surface area contributed by atoms with Crippen LogP contribution in [0.3, 0.4) is 0 Å². The van der Waals surface area contributed by atoms with Gasteiger partial charge in [0, 0.05) is 11.6 Å². The average Bonchev–Trinajstić information content (AvgIpc) is 3.38. The number of Topliss-reactive ketones (excluding diaryl/α,β-unsaturated/α-hetero) is 4. The maximum absolute atomic E-state index is 14.2. The fraction of sp³-hybridized carbons (Fsp3) is 0.444. The molecule has 2 aromatic rings. The number of carbonyl (C=O) groups is 6. The van der Waals surface area contributed by atoms with E-state index in [1.165, 1.54) is 44.2 Å². The van der Waals surface area contributed by atoms with Gasteiger partial charge in [0.05, 0.1) is 23.2 Å². The minimum Gasteiger partial charge on any atom is -0.505 e. The molecule has 0 spiro atoms. The Morgan fingerprint density at radius 3 is 2.38 bits per heavy atom. The van der Waals surface area contributed by atoms with Gasteiger partial charge in [-0.2, -0.15) is 5.10 Å². The van der Waals surface area contributed by atoms with Crippen LogP contribution in [0.25, 0.3) is 0 Å². The zero-order chi connectivity index (χ0) is 29.5. The van der Waals surface area contributed by atoms with E-state index in [1.807, 2.05) is 0 Å². The molecule has 0 radical (unpaired) electrons. The number of primary amides is 1. The first-order chi connectivity index (χ1) is 18.6. The standard InChI is InChI=1S/C27H29N5O8/c1-25-9-11-5-6-12(30-24(39)13-7-8-29-31-13)17(33)14(11)18(34)16(25)22(37)27(40)21(36)15(23(28)38)19(35)20(32(3)4)26(27,2)10-25/h5-8,15-16,20,33,40H,9-10H2,1-4H3,(H2,28,38)(H,29,31)(H,30,39)/t15?,16?,20-,25+,26+,27-/m1/s1. The van der Waals surface area contributed by atoms with E-state index >= 15 is 0 Å². The molecule has 40 heavy (non-hydrogen) atoms. The molecule has 3 aliphatic carbocycles. The molecule has 3 aliphatic rings. The van der Waals surface area contributed by atoms with Crippen LogP contribution in [0.2, 0.25) is 0 Å². The quantitative estimate of drug-likeness (QED) is 0.245. The largest absolute Gasteiger partial charge is 0.505 e. The van der Waals surface area contributed by atoms with Gasteiger partial charge in [0.15, 0.2) is 34.7 Å². The molecule has 5 rings (SSSR count). The van der Waals surface area contributed by atoms with E-state index < -0.39 is 75.0 Å². The van der Waals surface area contributed by atoms with E-state index in [1.54, 1.807) is 13.0 Å². The van der Waals surface area contributed by atoms with E-state index in [-0.39, 0.29) is 29.8 Å². The normalized spacial score (nSPS) is 33.3. The highest BCUT2D eigenvalue weighted by Crippen LogP contribution is 2.61. The highest BCUT2D eigenvalue weighted by molar-refractivity contribution is 6.33. The lowest BCUT2D eigenvalue weighted by molar-refractivity contribution is -0.203. The first kappa shape index (κ1) is 27.3. The van der Waals surface area contributed by atoms with Crippen molar-refractivity contribution in [2.75, 3.05) is 19.4 Å². The third kappa shape index (κ3) is 3.37. The molecule has 1 aromatic heterocycles. The zero-order valence-corrected chi connectivity index (χ0v) is 22.3. The molecule has 13 heteroatoms. The Hall–Kier alpha value is -4.23. The number of aromatic amines is 1. The number of aliphatic hydroxyl groups is 1. The van der Waals surface area contributed by atoms with Crippen molar-refractivity contribution in [3.05, 3.63) is 41.2 Å². The number of aromatic nitrogens is 2. The Balaban J connectivity index is 1.63. The van der Waals surface area contributed by atoms with Gasteiger partial charge in [-0.05, 0) is 50.0 Å². The Kier molecular flexibility index (Phi) is 5.90. The number of nitrogens with zero attached hydrogens (tertiary/aromatic N) is 2. The summed E-state index contributed by atoms with van der Waals surface area (Å²) in [5.41, 5.74) is -0.182. The smallest absolute Gasteiger partial charge is 0.273 e. The molecule has 2 saturated carbocycles. The van der Waals surface area contributed by atoms with Crippen LogP contribution in [-0.2, 0) is 25.6 Å². The second-order valence-corrected chi connectivity index (χ2v) is 11.7. The fourth-order valence-electron chi connectivity index (χ4n) is 7.38. The highest BCUT2D eigenvalue weighted by atomic mass is 16.3. The average molecular weight is 552 g/mol. The van der Waals surface area contributed by atoms with Crippen LogP contribution in [-0.4, -0.2) is 86.0 Å². The summed E-state index contributed by atoms with van der Waals surface area (Å²) in [6.45, 7) is 3.10. The summed E-state index contributed by atoms with van der Waals surface area (Å²) < 4.78 is 0. The second kappa shape index (κ2) is 8.63. The molecule has 2 fully saturated rings. The lowest BCUT2D eigenvalue weighted by Gasteiger charge is -2.61. The van der Waals surface area contributed by atoms with Crippen molar-refractivity contribution in [1.29, 1.82) is 0 Å². The van der Waals surface area contributed by atoms with Crippen LogP contribution in [0, 0.1) is 22.7 Å². The molecule has 6 N–H and O–H groups in total. The summed E-state index contributed by atoms with van der Waals surface area (Å²) in [5, 5.41) is 31.7. The second-order valence-electron chi connectivity index (χ2n) is 11.7. The summed E-state index contributed by atoms with van der Waals surface area (Å²) in [5.74, 6) is -10.3. The van der Waals surface area contributed by atoms with E-state index in [4.69, 9.17) is 5.73 Å². The Morgan fingerprint density at radius 2 is 1.80 bits per heavy atom. The Morgan fingerprint density at radius 1 is 1.12 bits per heavy atom. The number of anilines is 1. The van der Waals surface area contributed by atoms with Gasteiger partial charge in [0.25, 0.3) is 5.91 Å². The fourth-order valence-corrected chi connectivity index (χ4v) is 7.38. The summed E-state index contributed by atoms with van der Waals surface area (Å²) in [7, 11) is 3.05. The number of nitrogens with two attached hydrogens (primary N) is 1. The summed E-state index contributed by atoms with van der Waals surface area (Å²) in [6.07, 6.45) is 1.34. The molecule has 1 heterocycles. The van der Waals surface area contributed by atoms with Crippen molar-refractivity contribution in [2.45, 2.75) is 38.3 Å². The molecule has 0 aliphatic heterocycles. The van der Waals surface area contributed by atoms with Crippen molar-refractivity contribution in [3.8, 4) is 5.75 Å². The van der Waals surface area contributed by atoms with Gasteiger partial charge in [-0.1, -0.05) is 19.9 Å². The van der Waals surface area contributed by atoms with Crippen molar-refractivity contribution >= 4 is 40.6 Å². The number of likely N-dealkylation sites (N-methyl/N-ethyl adjacent to an activating group) is 1. The highest BCUT2D eigenvalue weighted by Gasteiger charge is 2.76. The number of H-pyrrole nitrogens is 1. The van der Waals surface area contributed by atoms with Crippen LogP contribution in [0.1, 0.15) is 46.7 Å². The molecule has 6 atom stereocenters. The van der Waals surface area contributed by atoms with Crippen LogP contribution in [0.5, 0.6) is 5.75 Å². The number of hydrogen-bond acceptors (Lipinski definition) is 10. The van der Waals surface area contributed by atoms with Gasteiger partial charge in [0.1, 0.15) is 11.4 Å². The number of benzene rings is 1. The number of amides is 2. The predicted molar refractivity (Wildman–Crippen MR) is 137 cm³/mol. The van der Waals surface area contributed by atoms with Crippen molar-refractivity contribution in [1.82, 2.24) is 15.1 Å². The zero-order valence-electron chi connectivity index (χ0n) is 22.3. The molecule has 2 amide bonds. The predicted octanol–water partition coefficient (Wildman–Crippen LogP) is -0.377. The lowest BCUT2D eigenvalue weighted by Crippen LogP contribution is -2.79. The van der Waals surface area contributed by atoms with Gasteiger partial charge in [-0.15, -0.1) is 0 Å². The van der Waals surface area contributed by atoms with Crippen LogP contribution in [0.4, 0.5) is 5.69 Å². The topological polar surface area (TPSA) is 213 Å². The van der Waals surface area contributed by atoms with Gasteiger partial charge in [-0.25, -0.2) is 0 Å². The lowest BCUT2D eigenvalue weighted by atomic mass is 9.42. The number of ketones is 4. The molecule has 13 nitrogen and oxygen atoms in total. The number of rotatable bonds is 4. The van der Waals surface area contributed by atoms with Crippen LogP contribution in [0.15, 0.2) is 24.4 Å². The van der Waals surface area contributed by atoms with E-state index in [9.17, 15) is 39.0 Å². The van der Waals surface area contributed by atoms with E-state index in [0.717, 1.165) is 0 Å². The first-order valence-electron chi connectivity index (χ1n) is 12.6. The number of fused-ring (bicyclic) bond motifs is 3. The number of phenolic OH excluding ortho intramolecular Hbond substituents is 1. The number of nitrogens with one attached hydrogen (secondary N) is 2. The number of phenols is 1. The minimum absolute atomic E-state index is 0.0836. The SMILES string of the molecule is CN(C)[C@@H]1C(=O)C(C(N)=O)C(=O)[C@@]2(O)C(=O)C3C(=O)c4c(ccc(NC(=O)c5ccn[nH]5)c4O)C[C@@]3(C)C[C@@]12C. The van der Waals surface area contributed by atoms with Gasteiger partial charge in [-0.3, -0.25) is 38.8 Å². The van der Waals surface area contributed by atoms with Gasteiger partial charge in [0.2, 0.25) is 5.91 Å². The first-order valence-corrected chi connectivity index (χ1v) is 12.6. The van der Waals surface area contributed by atoms with Crippen molar-refractivity contribution in [2.24, 2.45) is 28.4 Å². The van der Waals surface area contributed by atoms with Crippen LogP contribution >= 0.6 is 0 Å². The number of hydrogen-bond donors (Lipinski definition) is 5. The van der Waals surface area contributed by atoms with Crippen molar-refractivity contribution < 1.29 is 39.0 Å². The van der Waals surface area contributed by atoms with E-state index in [2.05, 4.69) is 15.5 Å². The van der Waals surface area contributed by atoms with Gasteiger partial charge >= 0.3 is 0 Å². The monoisotopic (exact) mass is 551 g/mol. The number of carbonyl (C=O) groups excluding carboxylic acids is 6. The molecule has 210 valence electrons. The molecular weight excluding hydrogens is 522 g/mol. The van der Waals surface area contributed by atoms with Crippen LogP contribution < -0.4 is 11.1 Å². The summed E-state index contributed by atoms with van der Waals surface area (Å²) >= 11 is 0. The minimum atomic E-state index is -2.88. The van der Waals surface area contributed by atoms with E-state index in [0.29, 0.717) is 5.56 Å². The molecule has 1 aromatic carbocycles. The summed E-state index contributed by atoms with van der Waals surface area (Å²) in [4.78, 5) is 81.3. The Labute approximate surface area is 228 Å². The molecule has 2 unspecified atom stereocenters.